The van der Waals surface area contributed by atoms with E-state index in [9.17, 15) is 9.18 Å². The third kappa shape index (κ3) is 3.15. The zero-order chi connectivity index (χ0) is 17.2. The second-order valence-corrected chi connectivity index (χ2v) is 6.87. The summed E-state index contributed by atoms with van der Waals surface area (Å²) >= 11 is 1.63. The van der Waals surface area contributed by atoms with Gasteiger partial charge in [0, 0.05) is 28.3 Å². The van der Waals surface area contributed by atoms with E-state index in [0.29, 0.717) is 17.7 Å². The Kier molecular flexibility index (Phi) is 4.24. The van der Waals surface area contributed by atoms with E-state index in [1.165, 1.54) is 6.07 Å². The molecule has 126 valence electrons. The number of halogens is 1. The smallest absolute Gasteiger partial charge is 0.225 e. The van der Waals surface area contributed by atoms with Gasteiger partial charge in [0.25, 0.3) is 0 Å². The summed E-state index contributed by atoms with van der Waals surface area (Å²) in [6.45, 7) is 0.153. The Bertz CT molecular complexity index is 921. The van der Waals surface area contributed by atoms with Crippen molar-refractivity contribution in [2.24, 2.45) is 0 Å². The number of ether oxygens (including phenoxy) is 1. The molecule has 1 aliphatic rings. The molecule has 1 N–H and O–H groups in total. The normalized spacial score (nSPS) is 16.2. The second-order valence-electron chi connectivity index (χ2n) is 5.92. The molecule has 0 radical (unpaired) electrons. The van der Waals surface area contributed by atoms with Crippen LogP contribution in [0.4, 0.5) is 10.1 Å². The molecule has 2 aromatic carbocycles. The van der Waals surface area contributed by atoms with Gasteiger partial charge in [-0.2, -0.15) is 0 Å². The van der Waals surface area contributed by atoms with Gasteiger partial charge in [-0.25, -0.2) is 4.39 Å². The molecule has 0 saturated heterocycles. The molecular formula is C20H16FNO2S. The van der Waals surface area contributed by atoms with E-state index in [0.717, 1.165) is 16.1 Å². The average molecular weight is 353 g/mol. The summed E-state index contributed by atoms with van der Waals surface area (Å²) in [5.74, 6) is 0.364. The molecule has 2 heterocycles. The van der Waals surface area contributed by atoms with E-state index in [-0.39, 0.29) is 24.2 Å². The van der Waals surface area contributed by atoms with Crippen LogP contribution in [0, 0.1) is 5.82 Å². The van der Waals surface area contributed by atoms with Crippen LogP contribution in [-0.4, -0.2) is 5.91 Å². The largest absolute Gasteiger partial charge is 0.488 e. The predicted octanol–water partition coefficient (Wildman–Crippen LogP) is 4.94. The number of amides is 1. The van der Waals surface area contributed by atoms with Crippen molar-refractivity contribution in [1.82, 2.24) is 0 Å². The number of benzene rings is 2. The third-order valence-corrected chi connectivity index (χ3v) is 5.34. The van der Waals surface area contributed by atoms with Crippen molar-refractivity contribution < 1.29 is 13.9 Å². The fraction of sp³-hybridized carbons (Fsp3) is 0.150. The molecule has 4 rings (SSSR count). The first-order valence-electron chi connectivity index (χ1n) is 8.05. The summed E-state index contributed by atoms with van der Waals surface area (Å²) < 4.78 is 19.7. The lowest BCUT2D eigenvalue weighted by molar-refractivity contribution is -0.116. The highest BCUT2D eigenvalue weighted by molar-refractivity contribution is 7.10. The fourth-order valence-electron chi connectivity index (χ4n) is 3.10. The highest BCUT2D eigenvalue weighted by Crippen LogP contribution is 2.43. The van der Waals surface area contributed by atoms with Crippen LogP contribution in [0.25, 0.3) is 0 Å². The lowest BCUT2D eigenvalue weighted by Gasteiger charge is -2.24. The quantitative estimate of drug-likeness (QED) is 0.721. The summed E-state index contributed by atoms with van der Waals surface area (Å²) in [4.78, 5) is 13.2. The van der Waals surface area contributed by atoms with Crippen LogP contribution in [0.15, 0.2) is 60.0 Å². The summed E-state index contributed by atoms with van der Waals surface area (Å²) in [7, 11) is 0. The molecule has 0 aliphatic carbocycles. The zero-order valence-electron chi connectivity index (χ0n) is 13.4. The van der Waals surface area contributed by atoms with E-state index in [2.05, 4.69) is 5.32 Å². The monoisotopic (exact) mass is 353 g/mol. The topological polar surface area (TPSA) is 38.3 Å². The summed E-state index contributed by atoms with van der Waals surface area (Å²) in [6, 6.07) is 16.2. The number of para-hydroxylation sites is 1. The van der Waals surface area contributed by atoms with Crippen LogP contribution in [0.5, 0.6) is 5.75 Å². The molecular weight excluding hydrogens is 337 g/mol. The molecule has 0 fully saturated rings. The predicted molar refractivity (Wildman–Crippen MR) is 96.6 cm³/mol. The Morgan fingerprint density at radius 3 is 2.80 bits per heavy atom. The first kappa shape index (κ1) is 15.8. The maximum atomic E-state index is 13.8. The fourth-order valence-corrected chi connectivity index (χ4v) is 4.07. The standard InChI is InChI=1S/C20H16FNO2S/c21-16-7-3-1-5-13(16)12-24-18-8-4-2-6-14(18)15-11-19(23)22-17-9-10-25-20(15)17/h1-10,15H,11-12H2,(H,22,23)/t15-/m1/s1. The molecule has 0 bridgehead atoms. The van der Waals surface area contributed by atoms with Crippen molar-refractivity contribution in [3.63, 3.8) is 0 Å². The highest BCUT2D eigenvalue weighted by Gasteiger charge is 2.29. The number of thiophene rings is 1. The van der Waals surface area contributed by atoms with Gasteiger partial charge in [0.05, 0.1) is 5.69 Å². The van der Waals surface area contributed by atoms with E-state index in [1.54, 1.807) is 29.5 Å². The number of fused-ring (bicyclic) bond motifs is 1. The van der Waals surface area contributed by atoms with Gasteiger partial charge in [0.1, 0.15) is 18.2 Å². The number of hydrogen-bond acceptors (Lipinski definition) is 3. The third-order valence-electron chi connectivity index (χ3n) is 4.31. The zero-order valence-corrected chi connectivity index (χ0v) is 14.2. The molecule has 3 nitrogen and oxygen atoms in total. The number of hydrogen-bond donors (Lipinski definition) is 1. The first-order chi connectivity index (χ1) is 12.2. The maximum Gasteiger partial charge on any atom is 0.225 e. The molecule has 1 aliphatic heterocycles. The van der Waals surface area contributed by atoms with Gasteiger partial charge in [-0.1, -0.05) is 36.4 Å². The van der Waals surface area contributed by atoms with Gasteiger partial charge in [-0.15, -0.1) is 11.3 Å². The van der Waals surface area contributed by atoms with E-state index in [1.807, 2.05) is 35.7 Å². The van der Waals surface area contributed by atoms with Crippen LogP contribution >= 0.6 is 11.3 Å². The van der Waals surface area contributed by atoms with Gasteiger partial charge in [0.2, 0.25) is 5.91 Å². The van der Waals surface area contributed by atoms with Crippen LogP contribution in [0.2, 0.25) is 0 Å². The van der Waals surface area contributed by atoms with Crippen molar-refractivity contribution in [1.29, 1.82) is 0 Å². The van der Waals surface area contributed by atoms with Gasteiger partial charge < -0.3 is 10.1 Å². The SMILES string of the molecule is O=C1C[C@H](c2ccccc2OCc2ccccc2F)c2sccc2N1. The van der Waals surface area contributed by atoms with E-state index >= 15 is 0 Å². The number of nitrogens with one attached hydrogen (secondary N) is 1. The molecule has 0 saturated carbocycles. The number of rotatable bonds is 4. The highest BCUT2D eigenvalue weighted by atomic mass is 32.1. The first-order valence-corrected chi connectivity index (χ1v) is 8.92. The molecule has 1 aromatic heterocycles. The minimum atomic E-state index is -0.280. The molecule has 1 atom stereocenters. The van der Waals surface area contributed by atoms with Crippen molar-refractivity contribution in [2.75, 3.05) is 5.32 Å². The Morgan fingerprint density at radius 2 is 1.92 bits per heavy atom. The average Bonchev–Trinajstić information content (AvgIpc) is 3.09. The Balaban J connectivity index is 1.64. The summed E-state index contributed by atoms with van der Waals surface area (Å²) in [6.07, 6.45) is 0.383. The molecule has 0 unspecified atom stereocenters. The van der Waals surface area contributed by atoms with Crippen LogP contribution in [-0.2, 0) is 11.4 Å². The van der Waals surface area contributed by atoms with Crippen LogP contribution in [0.3, 0.4) is 0 Å². The molecule has 5 heteroatoms. The van der Waals surface area contributed by atoms with Crippen LogP contribution < -0.4 is 10.1 Å². The Labute approximate surface area is 149 Å². The second kappa shape index (κ2) is 6.69. The minimum Gasteiger partial charge on any atom is -0.488 e. The Morgan fingerprint density at radius 1 is 1.12 bits per heavy atom. The van der Waals surface area contributed by atoms with E-state index < -0.39 is 0 Å². The van der Waals surface area contributed by atoms with Gasteiger partial charge >= 0.3 is 0 Å². The molecule has 3 aromatic rings. The van der Waals surface area contributed by atoms with Gasteiger partial charge in [-0.05, 0) is 23.6 Å². The van der Waals surface area contributed by atoms with Crippen molar-refractivity contribution in [3.05, 3.63) is 81.8 Å². The van der Waals surface area contributed by atoms with E-state index in [4.69, 9.17) is 4.74 Å². The molecule has 0 spiro atoms. The number of anilines is 1. The maximum absolute atomic E-state index is 13.8. The molecule has 25 heavy (non-hydrogen) atoms. The van der Waals surface area contributed by atoms with Gasteiger partial charge in [0.15, 0.2) is 0 Å². The minimum absolute atomic E-state index is 0.000179. The number of carbonyl (C=O) groups is 1. The van der Waals surface area contributed by atoms with Crippen LogP contribution in [0.1, 0.15) is 28.3 Å². The van der Waals surface area contributed by atoms with Crippen molar-refractivity contribution >= 4 is 22.9 Å². The lowest BCUT2D eigenvalue weighted by atomic mass is 9.90. The van der Waals surface area contributed by atoms with Crippen molar-refractivity contribution in [2.45, 2.75) is 18.9 Å². The van der Waals surface area contributed by atoms with Crippen molar-refractivity contribution in [3.8, 4) is 5.75 Å². The molecule has 1 amide bonds. The Hall–Kier alpha value is -2.66. The number of carbonyl (C=O) groups excluding carboxylic acids is 1. The summed E-state index contributed by atoms with van der Waals surface area (Å²) in [5.41, 5.74) is 2.34. The lowest BCUT2D eigenvalue weighted by Crippen LogP contribution is -2.22. The summed E-state index contributed by atoms with van der Waals surface area (Å²) in [5, 5.41) is 4.88. The van der Waals surface area contributed by atoms with Gasteiger partial charge in [-0.3, -0.25) is 4.79 Å².